The molecule has 8 heteroatoms. The van der Waals surface area contributed by atoms with Gasteiger partial charge >= 0.3 is 6.09 Å². The molecule has 1 amide bonds. The molecule has 2 atom stereocenters. The summed E-state index contributed by atoms with van der Waals surface area (Å²) in [7, 11) is -4.20. The largest absolute Gasteiger partial charge is 0.443 e. The first-order valence-electron chi connectivity index (χ1n) is 8.38. The van der Waals surface area contributed by atoms with Crippen molar-refractivity contribution in [3.05, 3.63) is 29.8 Å². The minimum atomic E-state index is -4.20. The molecule has 0 unspecified atom stereocenters. The van der Waals surface area contributed by atoms with Crippen molar-refractivity contribution < 1.29 is 22.7 Å². The standard InChI is InChI=1S/C18H24N2O5S/c1-13-5-7-15(8-6-13)26(22,23)20(17(21)25-18(2,3)4)16-12-24-10-9-14(16)11-19/h5-8,14,16H,9-10,12H2,1-4H3/t14-,16+/m1/s1. The van der Waals surface area contributed by atoms with E-state index >= 15 is 0 Å². The zero-order chi connectivity index (χ0) is 19.5. The minimum Gasteiger partial charge on any atom is -0.443 e. The first kappa shape index (κ1) is 20.2. The van der Waals surface area contributed by atoms with Crippen LogP contribution in [0.25, 0.3) is 0 Å². The summed E-state index contributed by atoms with van der Waals surface area (Å²) >= 11 is 0. The Hall–Kier alpha value is -2.11. The molecule has 1 aliphatic heterocycles. The summed E-state index contributed by atoms with van der Waals surface area (Å²) in [6.45, 7) is 7.11. The van der Waals surface area contributed by atoms with Gasteiger partial charge in [-0.3, -0.25) is 0 Å². The summed E-state index contributed by atoms with van der Waals surface area (Å²) in [4.78, 5) is 12.7. The minimum absolute atomic E-state index is 0.0313. The van der Waals surface area contributed by atoms with Crippen molar-refractivity contribution in [2.75, 3.05) is 13.2 Å². The van der Waals surface area contributed by atoms with Crippen molar-refractivity contribution in [3.63, 3.8) is 0 Å². The predicted molar refractivity (Wildman–Crippen MR) is 94.8 cm³/mol. The van der Waals surface area contributed by atoms with Gasteiger partial charge in [0.1, 0.15) is 5.60 Å². The van der Waals surface area contributed by atoms with E-state index in [1.165, 1.54) is 12.1 Å². The maximum absolute atomic E-state index is 13.2. The molecule has 0 radical (unpaired) electrons. The third-order valence-electron chi connectivity index (χ3n) is 3.94. The van der Waals surface area contributed by atoms with E-state index in [1.54, 1.807) is 32.9 Å². The van der Waals surface area contributed by atoms with Crippen LogP contribution in [0.3, 0.4) is 0 Å². The molecule has 0 aromatic heterocycles. The number of hydrogen-bond acceptors (Lipinski definition) is 6. The molecule has 1 aromatic rings. The lowest BCUT2D eigenvalue weighted by Gasteiger charge is -2.36. The van der Waals surface area contributed by atoms with Gasteiger partial charge < -0.3 is 9.47 Å². The van der Waals surface area contributed by atoms with Crippen LogP contribution < -0.4 is 0 Å². The maximum Gasteiger partial charge on any atom is 0.424 e. The molecule has 1 saturated heterocycles. The third kappa shape index (κ3) is 4.54. The Morgan fingerprint density at radius 2 is 1.92 bits per heavy atom. The monoisotopic (exact) mass is 380 g/mol. The number of rotatable bonds is 3. The number of carbonyl (C=O) groups excluding carboxylic acids is 1. The van der Waals surface area contributed by atoms with E-state index in [0.717, 1.165) is 5.56 Å². The van der Waals surface area contributed by atoms with Gasteiger partial charge in [0.25, 0.3) is 10.0 Å². The molecule has 1 aromatic carbocycles. The second kappa shape index (κ2) is 7.64. The molecule has 1 fully saturated rings. The van der Waals surface area contributed by atoms with E-state index in [9.17, 15) is 18.5 Å². The fourth-order valence-electron chi connectivity index (χ4n) is 2.65. The highest BCUT2D eigenvalue weighted by Gasteiger charge is 2.43. The second-order valence-electron chi connectivity index (χ2n) is 7.26. The molecule has 2 rings (SSSR count). The summed E-state index contributed by atoms with van der Waals surface area (Å²) in [5.74, 6) is -0.656. The number of hydrogen-bond donors (Lipinski definition) is 0. The van der Waals surface area contributed by atoms with Crippen LogP contribution in [0.2, 0.25) is 0 Å². The van der Waals surface area contributed by atoms with Crippen LogP contribution in [-0.2, 0) is 19.5 Å². The van der Waals surface area contributed by atoms with Gasteiger partial charge in [-0.15, -0.1) is 0 Å². The van der Waals surface area contributed by atoms with Gasteiger partial charge in [-0.2, -0.15) is 9.57 Å². The topological polar surface area (TPSA) is 96.7 Å². The van der Waals surface area contributed by atoms with Crippen LogP contribution >= 0.6 is 0 Å². The third-order valence-corrected chi connectivity index (χ3v) is 5.75. The molecular formula is C18H24N2O5S. The Morgan fingerprint density at radius 3 is 2.46 bits per heavy atom. The zero-order valence-electron chi connectivity index (χ0n) is 15.4. The molecule has 0 saturated carbocycles. The molecule has 0 aliphatic carbocycles. The second-order valence-corrected chi connectivity index (χ2v) is 9.08. The van der Waals surface area contributed by atoms with Crippen molar-refractivity contribution in [1.82, 2.24) is 4.31 Å². The van der Waals surface area contributed by atoms with Gasteiger partial charge in [-0.25, -0.2) is 13.2 Å². The summed E-state index contributed by atoms with van der Waals surface area (Å²) in [6.07, 6.45) is -0.655. The summed E-state index contributed by atoms with van der Waals surface area (Å²) < 4.78 is 37.7. The lowest BCUT2D eigenvalue weighted by molar-refractivity contribution is -0.00139. The van der Waals surface area contributed by atoms with Crippen molar-refractivity contribution in [2.24, 2.45) is 5.92 Å². The van der Waals surface area contributed by atoms with Crippen LogP contribution in [-0.4, -0.2) is 43.7 Å². The molecule has 0 bridgehead atoms. The summed E-state index contributed by atoms with van der Waals surface area (Å²) in [6, 6.07) is 7.34. The number of ether oxygens (including phenoxy) is 2. The smallest absolute Gasteiger partial charge is 0.424 e. The lowest BCUT2D eigenvalue weighted by atomic mass is 9.97. The number of sulfonamides is 1. The molecule has 0 spiro atoms. The van der Waals surface area contributed by atoms with Gasteiger partial charge in [0.15, 0.2) is 0 Å². The van der Waals surface area contributed by atoms with E-state index in [-0.39, 0.29) is 11.5 Å². The number of carbonyl (C=O) groups is 1. The van der Waals surface area contributed by atoms with E-state index in [2.05, 4.69) is 6.07 Å². The van der Waals surface area contributed by atoms with Gasteiger partial charge in [0, 0.05) is 6.61 Å². The molecule has 7 nitrogen and oxygen atoms in total. The maximum atomic E-state index is 13.2. The molecule has 1 aliphatic rings. The Labute approximate surface area is 154 Å². The molecule has 142 valence electrons. The van der Waals surface area contributed by atoms with Gasteiger partial charge in [-0.05, 0) is 46.2 Å². The summed E-state index contributed by atoms with van der Waals surface area (Å²) in [5.41, 5.74) is 0.0131. The number of benzene rings is 1. The van der Waals surface area contributed by atoms with Gasteiger partial charge in [-0.1, -0.05) is 17.7 Å². The van der Waals surface area contributed by atoms with Gasteiger partial charge in [0.05, 0.1) is 29.5 Å². The Kier molecular flexibility index (Phi) is 5.94. The number of nitriles is 1. The fraction of sp³-hybridized carbons (Fsp3) is 0.556. The van der Waals surface area contributed by atoms with Crippen molar-refractivity contribution >= 4 is 16.1 Å². The van der Waals surface area contributed by atoms with E-state index < -0.39 is 33.7 Å². The van der Waals surface area contributed by atoms with Crippen LogP contribution in [0.4, 0.5) is 4.79 Å². The summed E-state index contributed by atoms with van der Waals surface area (Å²) in [5, 5.41) is 9.42. The van der Waals surface area contributed by atoms with Crippen LogP contribution in [0, 0.1) is 24.2 Å². The van der Waals surface area contributed by atoms with Crippen LogP contribution in [0.1, 0.15) is 32.8 Å². The number of nitrogens with zero attached hydrogens (tertiary/aromatic N) is 2. The normalized spacial score (nSPS) is 20.9. The highest BCUT2D eigenvalue weighted by molar-refractivity contribution is 7.89. The van der Waals surface area contributed by atoms with Gasteiger partial charge in [0.2, 0.25) is 0 Å². The molecule has 0 N–H and O–H groups in total. The Bertz CT molecular complexity index is 790. The highest BCUT2D eigenvalue weighted by atomic mass is 32.2. The van der Waals surface area contributed by atoms with Crippen LogP contribution in [0.15, 0.2) is 29.2 Å². The molecule has 26 heavy (non-hydrogen) atoms. The quantitative estimate of drug-likeness (QED) is 0.800. The van der Waals surface area contributed by atoms with E-state index in [0.29, 0.717) is 17.3 Å². The van der Waals surface area contributed by atoms with Crippen molar-refractivity contribution in [2.45, 2.75) is 50.7 Å². The van der Waals surface area contributed by atoms with E-state index in [1.807, 2.05) is 6.92 Å². The molecular weight excluding hydrogens is 356 g/mol. The fourth-order valence-corrected chi connectivity index (χ4v) is 4.15. The van der Waals surface area contributed by atoms with Crippen molar-refractivity contribution in [3.8, 4) is 6.07 Å². The average Bonchev–Trinajstić information content (AvgIpc) is 2.54. The Morgan fingerprint density at radius 1 is 1.31 bits per heavy atom. The first-order valence-corrected chi connectivity index (χ1v) is 9.82. The van der Waals surface area contributed by atoms with E-state index in [4.69, 9.17) is 9.47 Å². The number of aryl methyl sites for hydroxylation is 1. The average molecular weight is 380 g/mol. The highest BCUT2D eigenvalue weighted by Crippen LogP contribution is 2.28. The van der Waals surface area contributed by atoms with Crippen LogP contribution in [0.5, 0.6) is 0 Å². The first-order chi connectivity index (χ1) is 12.1. The zero-order valence-corrected chi connectivity index (χ0v) is 16.2. The Balaban J connectivity index is 2.50. The van der Waals surface area contributed by atoms with Crippen molar-refractivity contribution in [1.29, 1.82) is 5.26 Å². The number of amides is 1. The lowest BCUT2D eigenvalue weighted by Crippen LogP contribution is -2.53. The SMILES string of the molecule is Cc1ccc(S(=O)(=O)N(C(=O)OC(C)(C)C)[C@H]2COCC[C@@H]2C#N)cc1. The predicted octanol–water partition coefficient (Wildman–Crippen LogP) is 2.85. The molecule has 1 heterocycles.